The van der Waals surface area contributed by atoms with Crippen LogP contribution in [0.4, 0.5) is 0 Å². The molecule has 1 heterocycles. The molecule has 0 unspecified atom stereocenters. The van der Waals surface area contributed by atoms with Gasteiger partial charge in [-0.1, -0.05) is 0 Å². The molecule has 2 heteroatoms. The van der Waals surface area contributed by atoms with E-state index in [1.807, 2.05) is 0 Å². The Balaban J connectivity index is 2.90. The molecule has 1 rings (SSSR count). The van der Waals surface area contributed by atoms with E-state index in [0.717, 1.165) is 11.3 Å². The average Bonchev–Trinajstić information content (AvgIpc) is 2.08. The van der Waals surface area contributed by atoms with E-state index in [9.17, 15) is 0 Å². The average molecular weight is 102 g/mol. The van der Waals surface area contributed by atoms with Crippen molar-refractivity contribution < 1.29 is 4.11 Å². The zero-order valence-electron chi connectivity index (χ0n) is 6.01. The van der Waals surface area contributed by atoms with E-state index in [1.165, 1.54) is 6.20 Å². The molecule has 0 saturated heterocycles. The maximum absolute atomic E-state index is 6.87. The smallest absolute Gasteiger partial charge is 0.0893 e. The second-order valence-corrected chi connectivity index (χ2v) is 1.73. The van der Waals surface area contributed by atoms with Gasteiger partial charge in [-0.05, 0) is 6.85 Å². The van der Waals surface area contributed by atoms with Gasteiger partial charge in [-0.2, -0.15) is 0 Å². The van der Waals surface area contributed by atoms with Crippen molar-refractivity contribution in [3.8, 4) is 0 Å². The quantitative estimate of drug-likeness (QED) is 0.483. The highest BCUT2D eigenvalue weighted by molar-refractivity contribution is 7.09. The van der Waals surface area contributed by atoms with Crippen LogP contribution >= 0.6 is 11.3 Å². The van der Waals surface area contributed by atoms with E-state index in [2.05, 4.69) is 4.98 Å². The van der Waals surface area contributed by atoms with Crippen LogP contribution in [0.5, 0.6) is 0 Å². The zero-order valence-corrected chi connectivity index (χ0v) is 3.83. The monoisotopic (exact) mass is 102 g/mol. The van der Waals surface area contributed by atoms with Crippen LogP contribution in [0.25, 0.3) is 0 Å². The fourth-order valence-electron chi connectivity index (χ4n) is 0.223. The summed E-state index contributed by atoms with van der Waals surface area (Å²) < 4.78 is 20.6. The zero-order chi connectivity index (χ0) is 6.91. The number of nitrogens with zero attached hydrogens (tertiary/aromatic N) is 1. The summed E-state index contributed by atoms with van der Waals surface area (Å²) in [5, 5.41) is 1.87. The van der Waals surface area contributed by atoms with Crippen molar-refractivity contribution in [2.75, 3.05) is 0 Å². The van der Waals surface area contributed by atoms with Gasteiger partial charge in [0.25, 0.3) is 0 Å². The number of rotatable bonds is 0. The highest BCUT2D eigenvalue weighted by atomic mass is 32.1. The van der Waals surface area contributed by atoms with E-state index >= 15 is 0 Å². The Morgan fingerprint density at radius 1 is 2.17 bits per heavy atom. The summed E-state index contributed by atoms with van der Waals surface area (Å²) in [4.78, 5) is 3.64. The first-order valence-corrected chi connectivity index (χ1v) is 2.38. The lowest BCUT2D eigenvalue weighted by Gasteiger charge is -1.65. The molecule has 0 spiro atoms. The second kappa shape index (κ2) is 1.39. The Kier molecular flexibility index (Phi) is 0.375. The molecule has 32 valence electrons. The molecule has 0 aliphatic heterocycles. The summed E-state index contributed by atoms with van der Waals surface area (Å²) in [5.74, 6) is 0. The van der Waals surface area contributed by atoms with Crippen LogP contribution in [-0.4, -0.2) is 4.98 Å². The lowest BCUT2D eigenvalue weighted by atomic mass is 10.8. The van der Waals surface area contributed by atoms with Crippen LogP contribution < -0.4 is 0 Å². The van der Waals surface area contributed by atoms with E-state index in [-0.39, 0.29) is 5.01 Å². The number of aromatic nitrogens is 1. The minimum absolute atomic E-state index is 0.211. The summed E-state index contributed by atoms with van der Waals surface area (Å²) in [6, 6.07) is 0. The molecule has 0 radical (unpaired) electrons. The first kappa shape index (κ1) is 1.62. The van der Waals surface area contributed by atoms with Crippen molar-refractivity contribution in [1.29, 1.82) is 0 Å². The first-order valence-electron chi connectivity index (χ1n) is 3.00. The minimum atomic E-state index is -2.02. The minimum Gasteiger partial charge on any atom is -0.250 e. The van der Waals surface area contributed by atoms with Crippen LogP contribution in [0, 0.1) is 6.85 Å². The lowest BCUT2D eigenvalue weighted by molar-refractivity contribution is 1.30. The van der Waals surface area contributed by atoms with Crippen molar-refractivity contribution in [3.63, 3.8) is 0 Å². The summed E-state index contributed by atoms with van der Waals surface area (Å²) >= 11 is 1.16. The van der Waals surface area contributed by atoms with Crippen molar-refractivity contribution in [1.82, 2.24) is 4.98 Å². The molecule has 0 N–H and O–H groups in total. The SMILES string of the molecule is [2H]C([2H])([2H])c1nccs1. The molecule has 0 aromatic carbocycles. The molecule has 0 atom stereocenters. The molecule has 0 aliphatic carbocycles. The second-order valence-electron chi connectivity index (χ2n) is 0.837. The Morgan fingerprint density at radius 3 is 3.50 bits per heavy atom. The van der Waals surface area contributed by atoms with E-state index in [1.54, 1.807) is 5.38 Å². The molecule has 1 aromatic heterocycles. The predicted octanol–water partition coefficient (Wildman–Crippen LogP) is 1.45. The van der Waals surface area contributed by atoms with Crippen molar-refractivity contribution in [2.24, 2.45) is 0 Å². The van der Waals surface area contributed by atoms with Crippen LogP contribution in [-0.2, 0) is 0 Å². The van der Waals surface area contributed by atoms with E-state index < -0.39 is 6.85 Å². The first-order chi connectivity index (χ1) is 4.11. The van der Waals surface area contributed by atoms with Crippen molar-refractivity contribution >= 4 is 11.3 Å². The summed E-state index contributed by atoms with van der Waals surface area (Å²) in [5.41, 5.74) is 0. The van der Waals surface area contributed by atoms with Gasteiger partial charge in [0, 0.05) is 15.7 Å². The van der Waals surface area contributed by atoms with Crippen LogP contribution in [0.1, 0.15) is 9.12 Å². The highest BCUT2D eigenvalue weighted by Gasteiger charge is 1.76. The molecule has 1 nitrogen and oxygen atoms in total. The lowest BCUT2D eigenvalue weighted by Crippen LogP contribution is -1.56. The largest absolute Gasteiger partial charge is 0.250 e. The fourth-order valence-corrected chi connectivity index (χ4v) is 0.596. The summed E-state index contributed by atoms with van der Waals surface area (Å²) in [7, 11) is 0. The van der Waals surface area contributed by atoms with Gasteiger partial charge >= 0.3 is 0 Å². The predicted molar refractivity (Wildman–Crippen MR) is 26.9 cm³/mol. The Morgan fingerprint density at radius 2 is 3.17 bits per heavy atom. The molecular weight excluding hydrogens is 94.1 g/mol. The Bertz CT molecular complexity index is 178. The molecule has 6 heavy (non-hydrogen) atoms. The molecule has 1 aromatic rings. The number of hydrogen-bond acceptors (Lipinski definition) is 2. The maximum atomic E-state index is 6.87. The number of thiazole rings is 1. The Labute approximate surface area is 44.9 Å². The summed E-state index contributed by atoms with van der Waals surface area (Å²) in [6.45, 7) is -2.02. The third-order valence-corrected chi connectivity index (χ3v) is 1.02. The van der Waals surface area contributed by atoms with Crippen molar-refractivity contribution in [2.45, 2.75) is 6.85 Å². The fraction of sp³-hybridized carbons (Fsp3) is 0.250. The van der Waals surface area contributed by atoms with Crippen molar-refractivity contribution in [3.05, 3.63) is 16.6 Å². The highest BCUT2D eigenvalue weighted by Crippen LogP contribution is 1.98. The third-order valence-electron chi connectivity index (χ3n) is 0.432. The van der Waals surface area contributed by atoms with Gasteiger partial charge in [-0.25, -0.2) is 0 Å². The van der Waals surface area contributed by atoms with Gasteiger partial charge in [0.15, 0.2) is 0 Å². The summed E-state index contributed by atoms with van der Waals surface area (Å²) in [6.07, 6.45) is 1.49. The van der Waals surface area contributed by atoms with Crippen LogP contribution in [0.3, 0.4) is 0 Å². The van der Waals surface area contributed by atoms with Gasteiger partial charge < -0.3 is 0 Å². The van der Waals surface area contributed by atoms with E-state index in [4.69, 9.17) is 4.11 Å². The molecule has 0 fully saturated rings. The van der Waals surface area contributed by atoms with E-state index in [0.29, 0.717) is 0 Å². The topological polar surface area (TPSA) is 12.9 Å². The maximum Gasteiger partial charge on any atom is 0.0893 e. The molecule has 0 saturated carbocycles. The van der Waals surface area contributed by atoms with Gasteiger partial charge in [-0.15, -0.1) is 11.3 Å². The molecule has 0 amide bonds. The van der Waals surface area contributed by atoms with Gasteiger partial charge in [0.1, 0.15) is 0 Å². The standard InChI is InChI=1S/C4H5NS/c1-4-5-2-3-6-4/h2-3H,1H3/i1D3. The van der Waals surface area contributed by atoms with Crippen LogP contribution in [0.2, 0.25) is 0 Å². The van der Waals surface area contributed by atoms with Gasteiger partial charge in [0.2, 0.25) is 0 Å². The normalized spacial score (nSPS) is 18.3. The molecular formula is C4H5NS. The molecule has 0 bridgehead atoms. The van der Waals surface area contributed by atoms with Crippen LogP contribution in [0.15, 0.2) is 11.6 Å². The van der Waals surface area contributed by atoms with Gasteiger partial charge in [0.05, 0.1) is 5.01 Å². The Hall–Kier alpha value is -0.370. The van der Waals surface area contributed by atoms with Gasteiger partial charge in [-0.3, -0.25) is 4.98 Å². The number of hydrogen-bond donors (Lipinski definition) is 0. The molecule has 0 aliphatic rings. The third kappa shape index (κ3) is 0.571. The number of aryl methyl sites for hydroxylation is 1.